The molecule has 2 aromatic carbocycles. The lowest BCUT2D eigenvalue weighted by molar-refractivity contribution is -0.137. The number of β-amino-alcohol motifs (C(OH)–C–C–N with tert-alkyl or cyclic N) is 1. The minimum Gasteiger partial charge on any atom is -0.481 e. The maximum absolute atomic E-state index is 10.8. The Morgan fingerprint density at radius 3 is 2.73 bits per heavy atom. The number of fused-ring (bicyclic) bond motifs is 1. The quantitative estimate of drug-likeness (QED) is 0.229. The van der Waals surface area contributed by atoms with Crippen molar-refractivity contribution >= 4 is 41.8 Å². The van der Waals surface area contributed by atoms with E-state index in [0.29, 0.717) is 41.2 Å². The van der Waals surface area contributed by atoms with Gasteiger partial charge in [0.2, 0.25) is 0 Å². The summed E-state index contributed by atoms with van der Waals surface area (Å²) in [6.45, 7) is 1.33. The number of nitrogens with one attached hydrogen (secondary N) is 3. The molecule has 1 aromatic heterocycles. The number of carbonyl (C=O) groups is 1. The normalized spacial score (nSPS) is 15.2. The topological polar surface area (TPSA) is 119 Å². The SMILES string of the molecule is O=C(O)CCCN1CC(O)Cc2cc(OCNc3cccc(-n4c(=S)[nH][nH]c4=S)c3)ccc21. The van der Waals surface area contributed by atoms with Crippen molar-refractivity contribution < 1.29 is 19.7 Å². The molecule has 0 saturated heterocycles. The second-order valence-electron chi connectivity index (χ2n) is 7.80. The van der Waals surface area contributed by atoms with Gasteiger partial charge in [-0.1, -0.05) is 6.07 Å². The van der Waals surface area contributed by atoms with Gasteiger partial charge in [0, 0.05) is 37.3 Å². The molecule has 33 heavy (non-hydrogen) atoms. The number of hydrogen-bond donors (Lipinski definition) is 5. The van der Waals surface area contributed by atoms with Crippen molar-refractivity contribution in [1.29, 1.82) is 0 Å². The van der Waals surface area contributed by atoms with Crippen molar-refractivity contribution in [3.63, 3.8) is 0 Å². The van der Waals surface area contributed by atoms with Crippen LogP contribution >= 0.6 is 24.4 Å². The van der Waals surface area contributed by atoms with E-state index in [9.17, 15) is 9.90 Å². The van der Waals surface area contributed by atoms with Gasteiger partial charge in [-0.05, 0) is 72.8 Å². The fourth-order valence-electron chi connectivity index (χ4n) is 3.93. The van der Waals surface area contributed by atoms with Gasteiger partial charge in [-0.3, -0.25) is 19.6 Å². The Bertz CT molecular complexity index is 1220. The number of anilines is 2. The first-order valence-corrected chi connectivity index (χ1v) is 11.4. The van der Waals surface area contributed by atoms with Gasteiger partial charge >= 0.3 is 5.97 Å². The highest BCUT2D eigenvalue weighted by Gasteiger charge is 2.23. The molecule has 2 heterocycles. The van der Waals surface area contributed by atoms with E-state index in [1.165, 1.54) is 0 Å². The van der Waals surface area contributed by atoms with Crippen molar-refractivity contribution in [1.82, 2.24) is 14.8 Å². The van der Waals surface area contributed by atoms with Crippen LogP contribution in [0.4, 0.5) is 11.4 Å². The van der Waals surface area contributed by atoms with E-state index in [1.54, 1.807) is 4.57 Å². The molecule has 3 aromatic rings. The van der Waals surface area contributed by atoms with Gasteiger partial charge in [-0.15, -0.1) is 0 Å². The van der Waals surface area contributed by atoms with Gasteiger partial charge in [0.1, 0.15) is 5.75 Å². The van der Waals surface area contributed by atoms with Gasteiger partial charge in [0.15, 0.2) is 16.3 Å². The zero-order valence-corrected chi connectivity index (χ0v) is 19.4. The fourth-order valence-corrected chi connectivity index (χ4v) is 4.48. The third-order valence-corrected chi connectivity index (χ3v) is 5.97. The third-order valence-electron chi connectivity index (χ3n) is 5.40. The number of hydrogen-bond acceptors (Lipinski definition) is 7. The number of rotatable bonds is 9. The molecular formula is C22H25N5O4S2. The van der Waals surface area contributed by atoms with Crippen LogP contribution < -0.4 is 15.0 Å². The van der Waals surface area contributed by atoms with Crippen LogP contribution in [-0.4, -0.2) is 56.9 Å². The lowest BCUT2D eigenvalue weighted by atomic mass is 9.99. The van der Waals surface area contributed by atoms with Crippen LogP contribution in [0.5, 0.6) is 5.75 Å². The number of aromatic nitrogens is 3. The zero-order valence-electron chi connectivity index (χ0n) is 17.8. The van der Waals surface area contributed by atoms with Gasteiger partial charge in [0.05, 0.1) is 11.8 Å². The molecule has 0 spiro atoms. The van der Waals surface area contributed by atoms with E-state index in [-0.39, 0.29) is 13.2 Å². The first-order valence-electron chi connectivity index (χ1n) is 10.6. The molecule has 0 aliphatic carbocycles. The number of carboxylic acids is 1. The van der Waals surface area contributed by atoms with E-state index in [1.807, 2.05) is 47.4 Å². The third kappa shape index (κ3) is 5.62. The van der Waals surface area contributed by atoms with Crippen molar-refractivity contribution in [3.05, 3.63) is 57.6 Å². The summed E-state index contributed by atoms with van der Waals surface area (Å²) < 4.78 is 8.59. The second-order valence-corrected chi connectivity index (χ2v) is 8.58. The number of aromatic amines is 2. The van der Waals surface area contributed by atoms with Crippen LogP contribution in [0, 0.1) is 9.54 Å². The Morgan fingerprint density at radius 1 is 1.18 bits per heavy atom. The fraction of sp³-hybridized carbons (Fsp3) is 0.318. The number of carboxylic acid groups (broad SMARTS) is 1. The molecule has 0 amide bonds. The summed E-state index contributed by atoms with van der Waals surface area (Å²) in [6, 6.07) is 13.4. The Kier molecular flexibility index (Phi) is 7.11. The van der Waals surface area contributed by atoms with Crippen LogP contribution in [0.3, 0.4) is 0 Å². The summed E-state index contributed by atoms with van der Waals surface area (Å²) in [5, 5.41) is 28.0. The molecule has 5 N–H and O–H groups in total. The molecule has 174 valence electrons. The number of aliphatic hydroxyl groups excluding tert-OH is 1. The molecule has 11 heteroatoms. The second kappa shape index (κ2) is 10.2. The van der Waals surface area contributed by atoms with Crippen molar-refractivity contribution in [2.24, 2.45) is 0 Å². The molecule has 1 aliphatic heterocycles. The van der Waals surface area contributed by atoms with Gasteiger partial charge in [-0.25, -0.2) is 0 Å². The highest BCUT2D eigenvalue weighted by molar-refractivity contribution is 7.72. The summed E-state index contributed by atoms with van der Waals surface area (Å²) in [5.74, 6) is -0.124. The molecule has 9 nitrogen and oxygen atoms in total. The number of ether oxygens (including phenoxy) is 1. The predicted molar refractivity (Wildman–Crippen MR) is 130 cm³/mol. The molecular weight excluding hydrogens is 462 g/mol. The average Bonchev–Trinajstić information content (AvgIpc) is 3.11. The van der Waals surface area contributed by atoms with Crippen LogP contribution in [0.1, 0.15) is 18.4 Å². The number of aliphatic carboxylic acids is 1. The van der Waals surface area contributed by atoms with E-state index in [0.717, 1.165) is 22.6 Å². The average molecular weight is 488 g/mol. The molecule has 4 rings (SSSR count). The standard InChI is InChI=1S/C22H25N5O4S2/c28-17-9-14-10-18(6-7-19(14)26(12-17)8-2-5-20(29)30)31-13-23-15-3-1-4-16(11-15)27-21(32)24-25-22(27)33/h1,3-4,6-7,10-11,17,23,28H,2,5,8-9,12-13H2,(H,24,32)(H,25,33)(H,29,30). The van der Waals surface area contributed by atoms with Crippen LogP contribution in [-0.2, 0) is 11.2 Å². The monoisotopic (exact) mass is 487 g/mol. The minimum absolute atomic E-state index is 0.109. The largest absolute Gasteiger partial charge is 0.481 e. The highest BCUT2D eigenvalue weighted by Crippen LogP contribution is 2.31. The van der Waals surface area contributed by atoms with E-state index in [4.69, 9.17) is 34.3 Å². The Balaban J connectivity index is 1.39. The summed E-state index contributed by atoms with van der Waals surface area (Å²) >= 11 is 10.5. The molecule has 1 unspecified atom stereocenters. The summed E-state index contributed by atoms with van der Waals surface area (Å²) in [4.78, 5) is 12.8. The molecule has 0 saturated carbocycles. The number of nitrogens with zero attached hydrogens (tertiary/aromatic N) is 2. The highest BCUT2D eigenvalue weighted by atomic mass is 32.1. The Hall–Kier alpha value is -3.15. The zero-order chi connectivity index (χ0) is 23.4. The van der Waals surface area contributed by atoms with Crippen LogP contribution in [0.25, 0.3) is 5.69 Å². The van der Waals surface area contributed by atoms with Gasteiger partial charge in [-0.2, -0.15) is 0 Å². The lowest BCUT2D eigenvalue weighted by Gasteiger charge is -2.34. The predicted octanol–water partition coefficient (Wildman–Crippen LogP) is 3.63. The first-order chi connectivity index (χ1) is 15.9. The van der Waals surface area contributed by atoms with Gasteiger partial charge < -0.3 is 25.2 Å². The minimum atomic E-state index is -0.811. The maximum Gasteiger partial charge on any atom is 0.303 e. The first kappa shape index (κ1) is 23.0. The van der Waals surface area contributed by atoms with E-state index in [2.05, 4.69) is 15.5 Å². The van der Waals surface area contributed by atoms with E-state index < -0.39 is 12.1 Å². The summed E-state index contributed by atoms with van der Waals surface area (Å²) in [5.41, 5.74) is 3.68. The van der Waals surface area contributed by atoms with Gasteiger partial charge in [0.25, 0.3) is 0 Å². The van der Waals surface area contributed by atoms with E-state index >= 15 is 0 Å². The Labute approximate surface area is 200 Å². The summed E-state index contributed by atoms with van der Waals surface area (Å²) in [6.07, 6.45) is 0.681. The number of aliphatic hydroxyl groups is 1. The Morgan fingerprint density at radius 2 is 1.97 bits per heavy atom. The van der Waals surface area contributed by atoms with Crippen molar-refractivity contribution in [2.75, 3.05) is 30.0 Å². The van der Waals surface area contributed by atoms with Crippen molar-refractivity contribution in [2.45, 2.75) is 25.4 Å². The molecule has 0 fully saturated rings. The summed E-state index contributed by atoms with van der Waals surface area (Å²) in [7, 11) is 0. The smallest absolute Gasteiger partial charge is 0.303 e. The molecule has 1 atom stereocenters. The lowest BCUT2D eigenvalue weighted by Crippen LogP contribution is -2.39. The van der Waals surface area contributed by atoms with Crippen LogP contribution in [0.2, 0.25) is 0 Å². The maximum atomic E-state index is 10.8. The number of H-pyrrole nitrogens is 2. The van der Waals surface area contributed by atoms with Crippen molar-refractivity contribution in [3.8, 4) is 11.4 Å². The molecule has 1 aliphatic rings. The number of benzene rings is 2. The molecule has 0 bridgehead atoms. The van der Waals surface area contributed by atoms with Crippen LogP contribution in [0.15, 0.2) is 42.5 Å². The molecule has 0 radical (unpaired) electrons.